The van der Waals surface area contributed by atoms with Crippen LogP contribution >= 0.6 is 0 Å². The van der Waals surface area contributed by atoms with Gasteiger partial charge >= 0.3 is 0 Å². The Morgan fingerprint density at radius 1 is 0.783 bits per heavy atom. The molecule has 0 bridgehead atoms. The van der Waals surface area contributed by atoms with Gasteiger partial charge in [0.2, 0.25) is 11.8 Å². The van der Waals surface area contributed by atoms with E-state index in [2.05, 4.69) is 0 Å². The number of anilines is 2. The van der Waals surface area contributed by atoms with Crippen molar-refractivity contribution in [2.45, 2.75) is 50.5 Å². The number of fused-ring (bicyclic) bond motifs is 2. The van der Waals surface area contributed by atoms with Crippen LogP contribution in [0.1, 0.15) is 36.1 Å². The number of hydrogen-bond acceptors (Lipinski definition) is 5. The molecule has 3 amide bonds. The Morgan fingerprint density at radius 2 is 1.41 bits per heavy atom. The van der Waals surface area contributed by atoms with Gasteiger partial charge < -0.3 is 24.5 Å². The number of carbonyl (C=O) groups excluding carboxylic acids is 3. The smallest absolute Gasteiger partial charge is 0.253 e. The Hall–Kier alpha value is -4.53. The van der Waals surface area contributed by atoms with Gasteiger partial charge in [0.1, 0.15) is 11.6 Å². The number of carbonyl (C=O) groups is 3. The maximum Gasteiger partial charge on any atom is 0.253 e. The zero-order valence-corrected chi connectivity index (χ0v) is 26.4. The number of rotatable bonds is 6. The lowest BCUT2D eigenvalue weighted by Gasteiger charge is -2.41. The highest BCUT2D eigenvalue weighted by Crippen LogP contribution is 2.60. The normalized spacial score (nSPS) is 29.3. The molecule has 6 atom stereocenters. The van der Waals surface area contributed by atoms with E-state index in [4.69, 9.17) is 4.74 Å². The van der Waals surface area contributed by atoms with Crippen molar-refractivity contribution in [2.75, 3.05) is 29.5 Å². The molecule has 4 aliphatic heterocycles. The van der Waals surface area contributed by atoms with Gasteiger partial charge in [0.15, 0.2) is 0 Å². The minimum atomic E-state index is -1.44. The third-order valence-corrected chi connectivity index (χ3v) is 10.3. The molecule has 4 heterocycles. The van der Waals surface area contributed by atoms with Gasteiger partial charge in [-0.15, -0.1) is 0 Å². The molecule has 2 saturated heterocycles. The van der Waals surface area contributed by atoms with E-state index in [0.29, 0.717) is 18.5 Å². The van der Waals surface area contributed by atoms with Crippen molar-refractivity contribution in [3.63, 3.8) is 0 Å². The fraction of sp³-hybridized carbons (Fsp3) is 0.342. The first-order chi connectivity index (χ1) is 22.3. The molecule has 46 heavy (non-hydrogen) atoms. The molecular formula is C38H39N3O5. The molecule has 4 aliphatic rings. The van der Waals surface area contributed by atoms with E-state index in [1.165, 1.54) is 4.90 Å². The van der Waals surface area contributed by atoms with Crippen LogP contribution in [-0.4, -0.2) is 64.7 Å². The average Bonchev–Trinajstić information content (AvgIpc) is 3.36. The van der Waals surface area contributed by atoms with Crippen molar-refractivity contribution < 1.29 is 24.2 Å². The molecule has 0 radical (unpaired) electrons. The highest BCUT2D eigenvalue weighted by Gasteiger charge is 2.76. The summed E-state index contributed by atoms with van der Waals surface area (Å²) < 4.78 is 7.17. The van der Waals surface area contributed by atoms with Crippen molar-refractivity contribution in [2.24, 2.45) is 11.8 Å². The average molecular weight is 618 g/mol. The van der Waals surface area contributed by atoms with Crippen LogP contribution in [0.3, 0.4) is 0 Å². The number of aryl methyl sites for hydroxylation is 2. The summed E-state index contributed by atoms with van der Waals surface area (Å²) in [7, 11) is 0. The molecule has 0 aliphatic carbocycles. The summed E-state index contributed by atoms with van der Waals surface area (Å²) in [5.41, 5.74) is 1.54. The standard InChI is InChI=1S/C38H39N3O5/c1-4-37-20-12-22-39(28-18-9-6-10-19-28)34(43)30(37)31-35(44)41(29(24-42)27-16-7-5-8-17-27)33-36(45)40(23-13-21-38(31,33)46-37)32-25(2)14-11-15-26(32)3/h5-21,29-31,33,42H,4,22-24H2,1-3H3/t29-,30-,31+,33?,37+,38+/m1/s1. The van der Waals surface area contributed by atoms with Gasteiger partial charge in [-0.2, -0.15) is 0 Å². The van der Waals surface area contributed by atoms with Gasteiger partial charge in [0.05, 0.1) is 30.1 Å². The monoisotopic (exact) mass is 617 g/mol. The molecule has 236 valence electrons. The SMILES string of the molecule is CC[C@]12C=CCN(c3ccccc3)C(=O)[C@H]1[C@H]1C(=O)N([C@H](CO)c3ccccc3)C3C(=O)N(c4c(C)cccc4C)CC=C[C@@]31O2. The Morgan fingerprint density at radius 3 is 2.07 bits per heavy atom. The molecule has 2 fully saturated rings. The van der Waals surface area contributed by atoms with Crippen molar-refractivity contribution in [1.29, 1.82) is 0 Å². The molecular weight excluding hydrogens is 578 g/mol. The van der Waals surface area contributed by atoms with E-state index in [-0.39, 0.29) is 24.3 Å². The highest BCUT2D eigenvalue weighted by molar-refractivity contribution is 6.08. The minimum Gasteiger partial charge on any atom is -0.394 e. The molecule has 3 aromatic carbocycles. The first kappa shape index (κ1) is 30.1. The summed E-state index contributed by atoms with van der Waals surface area (Å²) >= 11 is 0. The molecule has 0 aromatic heterocycles. The third kappa shape index (κ3) is 4.31. The molecule has 1 unspecified atom stereocenters. The Balaban J connectivity index is 1.43. The van der Waals surface area contributed by atoms with Gasteiger partial charge in [0, 0.05) is 24.5 Å². The van der Waals surface area contributed by atoms with Gasteiger partial charge in [-0.05, 0) is 49.1 Å². The quantitative estimate of drug-likeness (QED) is 0.398. The van der Waals surface area contributed by atoms with E-state index >= 15 is 9.59 Å². The highest BCUT2D eigenvalue weighted by atomic mass is 16.5. The topological polar surface area (TPSA) is 90.4 Å². The summed E-state index contributed by atoms with van der Waals surface area (Å²) in [6.07, 6.45) is 8.08. The lowest BCUT2D eigenvalue weighted by Crippen LogP contribution is -2.57. The summed E-state index contributed by atoms with van der Waals surface area (Å²) in [6, 6.07) is 22.7. The maximum absolute atomic E-state index is 15.1. The number of para-hydroxylation sites is 2. The number of ether oxygens (including phenoxy) is 1. The lowest BCUT2D eigenvalue weighted by molar-refractivity contribution is -0.149. The molecule has 0 saturated carbocycles. The second-order valence-corrected chi connectivity index (χ2v) is 12.8. The molecule has 7 rings (SSSR count). The first-order valence-electron chi connectivity index (χ1n) is 16.1. The number of nitrogens with zero attached hydrogens (tertiary/aromatic N) is 3. The Kier molecular flexibility index (Phi) is 7.45. The fourth-order valence-electron chi connectivity index (χ4n) is 8.34. The van der Waals surface area contributed by atoms with Crippen LogP contribution in [0.5, 0.6) is 0 Å². The number of benzene rings is 3. The summed E-state index contributed by atoms with van der Waals surface area (Å²) in [5, 5.41) is 10.9. The molecule has 8 heteroatoms. The molecule has 1 spiro atoms. The predicted octanol–water partition coefficient (Wildman–Crippen LogP) is 4.90. The van der Waals surface area contributed by atoms with E-state index in [1.54, 1.807) is 9.80 Å². The number of aliphatic hydroxyl groups excluding tert-OH is 1. The van der Waals surface area contributed by atoms with Crippen LogP contribution in [0.15, 0.2) is 103 Å². The van der Waals surface area contributed by atoms with Gasteiger partial charge in [-0.25, -0.2) is 0 Å². The number of aliphatic hydroxyl groups is 1. The summed E-state index contributed by atoms with van der Waals surface area (Å²) in [4.78, 5) is 50.0. The second kappa shape index (κ2) is 11.4. The van der Waals surface area contributed by atoms with E-state index in [9.17, 15) is 9.90 Å². The molecule has 1 N–H and O–H groups in total. The van der Waals surface area contributed by atoms with Crippen molar-refractivity contribution in [1.82, 2.24) is 4.90 Å². The third-order valence-electron chi connectivity index (χ3n) is 10.3. The zero-order valence-electron chi connectivity index (χ0n) is 26.4. The van der Waals surface area contributed by atoms with Crippen molar-refractivity contribution in [3.05, 3.63) is 120 Å². The minimum absolute atomic E-state index is 0.217. The summed E-state index contributed by atoms with van der Waals surface area (Å²) in [5.74, 6) is -2.77. The fourth-order valence-corrected chi connectivity index (χ4v) is 8.34. The van der Waals surface area contributed by atoms with Crippen LogP contribution in [0.2, 0.25) is 0 Å². The second-order valence-electron chi connectivity index (χ2n) is 12.8. The first-order valence-corrected chi connectivity index (χ1v) is 16.1. The number of amides is 3. The lowest BCUT2D eigenvalue weighted by atomic mass is 9.73. The number of likely N-dealkylation sites (tertiary alicyclic amines) is 1. The van der Waals surface area contributed by atoms with E-state index in [1.807, 2.05) is 124 Å². The summed E-state index contributed by atoms with van der Waals surface area (Å²) in [6.45, 7) is 6.12. The van der Waals surface area contributed by atoms with E-state index in [0.717, 1.165) is 22.5 Å². The predicted molar refractivity (Wildman–Crippen MR) is 176 cm³/mol. The van der Waals surface area contributed by atoms with Crippen LogP contribution in [-0.2, 0) is 19.1 Å². The number of hydrogen-bond donors (Lipinski definition) is 1. The van der Waals surface area contributed by atoms with Crippen LogP contribution in [0, 0.1) is 25.7 Å². The van der Waals surface area contributed by atoms with Crippen molar-refractivity contribution >= 4 is 29.1 Å². The Bertz CT molecular complexity index is 1720. The van der Waals surface area contributed by atoms with Gasteiger partial charge in [0.25, 0.3) is 5.91 Å². The van der Waals surface area contributed by atoms with Gasteiger partial charge in [-0.1, -0.05) is 98.0 Å². The molecule has 8 nitrogen and oxygen atoms in total. The van der Waals surface area contributed by atoms with E-state index < -0.39 is 41.7 Å². The molecule has 3 aromatic rings. The van der Waals surface area contributed by atoms with Crippen molar-refractivity contribution in [3.8, 4) is 0 Å². The largest absolute Gasteiger partial charge is 0.394 e. The van der Waals surface area contributed by atoms with Crippen LogP contribution in [0.25, 0.3) is 0 Å². The van der Waals surface area contributed by atoms with Gasteiger partial charge in [-0.3, -0.25) is 14.4 Å². The zero-order chi connectivity index (χ0) is 32.2. The Labute approximate surface area is 269 Å². The van der Waals surface area contributed by atoms with Crippen LogP contribution in [0.4, 0.5) is 11.4 Å². The maximum atomic E-state index is 15.1. The van der Waals surface area contributed by atoms with Crippen LogP contribution < -0.4 is 9.80 Å².